The van der Waals surface area contributed by atoms with Crippen LogP contribution in [0, 0.1) is 0 Å². The molecule has 0 saturated heterocycles. The van der Waals surface area contributed by atoms with Crippen LogP contribution in [0.1, 0.15) is 38.2 Å². The molecule has 0 saturated carbocycles. The van der Waals surface area contributed by atoms with Crippen LogP contribution in [0.2, 0.25) is 0 Å². The first-order valence-electron chi connectivity index (χ1n) is 5.60. The van der Waals surface area contributed by atoms with Crippen LogP contribution >= 0.6 is 0 Å². The predicted octanol–water partition coefficient (Wildman–Crippen LogP) is 2.41. The van der Waals surface area contributed by atoms with Crippen LogP contribution in [0.4, 0.5) is 0 Å². The van der Waals surface area contributed by atoms with Gasteiger partial charge in [-0.05, 0) is 30.5 Å². The van der Waals surface area contributed by atoms with Crippen LogP contribution in [0.5, 0.6) is 0 Å². The molecule has 3 nitrogen and oxygen atoms in total. The van der Waals surface area contributed by atoms with Gasteiger partial charge in [0, 0.05) is 0 Å². The molecule has 5 heteroatoms. The molecule has 0 amide bonds. The topological polar surface area (TPSA) is 54.4 Å². The summed E-state index contributed by atoms with van der Waals surface area (Å²) in [5.41, 5.74) is 0.964. The molecule has 0 atom stereocenters. The first-order chi connectivity index (χ1) is 7.54. The van der Waals surface area contributed by atoms with Gasteiger partial charge in [0.2, 0.25) is 0 Å². The molecule has 1 rings (SSSR count). The molecule has 0 aliphatic heterocycles. The van der Waals surface area contributed by atoms with Crippen molar-refractivity contribution in [2.45, 2.75) is 43.9 Å². The van der Waals surface area contributed by atoms with Crippen molar-refractivity contribution in [3.05, 3.63) is 29.8 Å². The summed E-state index contributed by atoms with van der Waals surface area (Å²) in [4.78, 5) is -0.0134. The maximum absolute atomic E-state index is 10.9. The second-order valence-electron chi connectivity index (χ2n) is 3.93. The van der Waals surface area contributed by atoms with Crippen LogP contribution < -0.4 is 0 Å². The van der Waals surface area contributed by atoms with E-state index >= 15 is 0 Å². The summed E-state index contributed by atoms with van der Waals surface area (Å²) in [5, 5.41) is 0. The average Bonchev–Trinajstić information content (AvgIpc) is 2.24. The Bertz CT molecular complexity index is 429. The minimum absolute atomic E-state index is 0. The summed E-state index contributed by atoms with van der Waals surface area (Å²) in [6.45, 7) is 2.15. The van der Waals surface area contributed by atoms with E-state index in [1.807, 2.05) is 6.07 Å². The summed E-state index contributed by atoms with van der Waals surface area (Å²) in [7, 11) is -4.06. The standard InChI is InChI=1S/C12H18O3S.Li.H/c1-2-3-4-5-7-11-8-6-9-12(10-11)16(13,14)15;;/h6,8-10H,2-5,7H2,1H3,(H,13,14,15);;. The monoisotopic (exact) mass is 250 g/mol. The van der Waals surface area contributed by atoms with E-state index < -0.39 is 10.1 Å². The Kier molecular flexibility index (Phi) is 7.81. The predicted molar refractivity (Wildman–Crippen MR) is 71.3 cm³/mol. The van der Waals surface area contributed by atoms with Gasteiger partial charge >= 0.3 is 18.9 Å². The van der Waals surface area contributed by atoms with Crippen molar-refractivity contribution in [3.8, 4) is 0 Å². The van der Waals surface area contributed by atoms with Crippen LogP contribution in [-0.4, -0.2) is 31.8 Å². The van der Waals surface area contributed by atoms with Crippen molar-refractivity contribution in [2.24, 2.45) is 0 Å². The van der Waals surface area contributed by atoms with E-state index in [2.05, 4.69) is 6.92 Å². The van der Waals surface area contributed by atoms with Gasteiger partial charge in [0.05, 0.1) is 4.90 Å². The minimum atomic E-state index is -4.06. The Hall–Kier alpha value is -0.273. The molecule has 0 heterocycles. The fourth-order valence-electron chi connectivity index (χ4n) is 1.62. The van der Waals surface area contributed by atoms with Crippen LogP contribution in [-0.2, 0) is 16.5 Å². The van der Waals surface area contributed by atoms with E-state index in [0.29, 0.717) is 0 Å². The number of aryl methyl sites for hydroxylation is 1. The molecule has 0 spiro atoms. The third-order valence-corrected chi connectivity index (χ3v) is 3.36. The van der Waals surface area contributed by atoms with Gasteiger partial charge in [-0.1, -0.05) is 38.3 Å². The van der Waals surface area contributed by atoms with Gasteiger partial charge in [0.15, 0.2) is 0 Å². The number of rotatable bonds is 6. The number of unbranched alkanes of at least 4 members (excludes halogenated alkanes) is 3. The number of hydrogen-bond donors (Lipinski definition) is 1. The molecule has 0 unspecified atom stereocenters. The fraction of sp³-hybridized carbons (Fsp3) is 0.500. The molecule has 0 aromatic heterocycles. The summed E-state index contributed by atoms with van der Waals surface area (Å²) in [6, 6.07) is 6.50. The van der Waals surface area contributed by atoms with Crippen LogP contribution in [0.3, 0.4) is 0 Å². The molecule has 0 radical (unpaired) electrons. The Morgan fingerprint density at radius 3 is 2.47 bits per heavy atom. The van der Waals surface area contributed by atoms with Crippen molar-refractivity contribution >= 4 is 29.0 Å². The average molecular weight is 250 g/mol. The Labute approximate surface area is 116 Å². The molecular weight excluding hydrogens is 231 g/mol. The Morgan fingerprint density at radius 2 is 1.88 bits per heavy atom. The van der Waals surface area contributed by atoms with E-state index in [1.165, 1.54) is 18.9 Å². The third kappa shape index (κ3) is 6.28. The summed E-state index contributed by atoms with van der Waals surface area (Å²) in [5.74, 6) is 0. The van der Waals surface area contributed by atoms with Crippen LogP contribution in [0.15, 0.2) is 29.2 Å². The van der Waals surface area contributed by atoms with E-state index in [9.17, 15) is 8.42 Å². The van der Waals surface area contributed by atoms with E-state index in [4.69, 9.17) is 4.55 Å². The van der Waals surface area contributed by atoms with Crippen molar-refractivity contribution in [1.82, 2.24) is 0 Å². The first kappa shape index (κ1) is 16.7. The van der Waals surface area contributed by atoms with Gasteiger partial charge in [0.1, 0.15) is 0 Å². The van der Waals surface area contributed by atoms with Crippen molar-refractivity contribution < 1.29 is 13.0 Å². The zero-order valence-corrected chi connectivity index (χ0v) is 10.3. The van der Waals surface area contributed by atoms with Crippen LogP contribution in [0.25, 0.3) is 0 Å². The molecule has 1 aromatic carbocycles. The quantitative estimate of drug-likeness (QED) is 0.479. The van der Waals surface area contributed by atoms with Gasteiger partial charge in [-0.2, -0.15) is 8.42 Å². The second kappa shape index (κ2) is 7.94. The molecule has 0 fully saturated rings. The summed E-state index contributed by atoms with van der Waals surface area (Å²) in [6.07, 6.45) is 5.47. The summed E-state index contributed by atoms with van der Waals surface area (Å²) < 4.78 is 30.7. The second-order valence-corrected chi connectivity index (χ2v) is 5.35. The van der Waals surface area contributed by atoms with Gasteiger partial charge in [-0.25, -0.2) is 0 Å². The summed E-state index contributed by atoms with van der Waals surface area (Å²) >= 11 is 0. The van der Waals surface area contributed by atoms with Gasteiger partial charge in [0.25, 0.3) is 10.1 Å². The molecule has 1 N–H and O–H groups in total. The van der Waals surface area contributed by atoms with Gasteiger partial charge < -0.3 is 0 Å². The molecule has 0 aliphatic rings. The molecule has 92 valence electrons. The third-order valence-electron chi connectivity index (χ3n) is 2.52. The van der Waals surface area contributed by atoms with Crippen molar-refractivity contribution in [2.75, 3.05) is 0 Å². The molecule has 0 bridgehead atoms. The number of benzene rings is 1. The molecular formula is C12H19LiO3S. The SMILES string of the molecule is CCCCCCc1cccc(S(=O)(=O)O)c1.[LiH]. The van der Waals surface area contributed by atoms with Gasteiger partial charge in [-0.15, -0.1) is 0 Å². The fourth-order valence-corrected chi connectivity index (χ4v) is 2.17. The normalized spacial score (nSPS) is 10.9. The Morgan fingerprint density at radius 1 is 1.18 bits per heavy atom. The molecule has 1 aromatic rings. The Balaban J connectivity index is 0.00000256. The zero-order chi connectivity index (χ0) is 12.0. The number of hydrogen-bond acceptors (Lipinski definition) is 2. The van der Waals surface area contributed by atoms with Crippen molar-refractivity contribution in [3.63, 3.8) is 0 Å². The molecule has 17 heavy (non-hydrogen) atoms. The zero-order valence-electron chi connectivity index (χ0n) is 9.52. The van der Waals surface area contributed by atoms with Crippen molar-refractivity contribution in [1.29, 1.82) is 0 Å². The molecule has 0 aliphatic carbocycles. The van der Waals surface area contributed by atoms with E-state index in [0.717, 1.165) is 24.8 Å². The van der Waals surface area contributed by atoms with E-state index in [-0.39, 0.29) is 23.8 Å². The van der Waals surface area contributed by atoms with Gasteiger partial charge in [-0.3, -0.25) is 4.55 Å². The first-order valence-corrected chi connectivity index (χ1v) is 7.04. The maximum atomic E-state index is 10.9. The van der Waals surface area contributed by atoms with E-state index in [1.54, 1.807) is 12.1 Å².